The third kappa shape index (κ3) is 3.42. The summed E-state index contributed by atoms with van der Waals surface area (Å²) in [7, 11) is -0.743. The summed E-state index contributed by atoms with van der Waals surface area (Å²) in [5.74, 6) is 7.06. The van der Waals surface area contributed by atoms with Crippen molar-refractivity contribution >= 4 is 10.0 Å². The maximum atomic E-state index is 10.1. The summed E-state index contributed by atoms with van der Waals surface area (Å²) >= 11 is 0. The van der Waals surface area contributed by atoms with Crippen molar-refractivity contribution in [3.05, 3.63) is 0 Å². The predicted molar refractivity (Wildman–Crippen MR) is 79.6 cm³/mol. The molecule has 1 saturated carbocycles. The Kier molecular flexibility index (Phi) is 5.41. The van der Waals surface area contributed by atoms with E-state index >= 15 is 0 Å². The van der Waals surface area contributed by atoms with Crippen LogP contribution in [-0.4, -0.2) is 28.5 Å². The summed E-state index contributed by atoms with van der Waals surface area (Å²) in [5.41, 5.74) is -0.143. The smallest absolute Gasteiger partial charge is 0.0703 e. The van der Waals surface area contributed by atoms with Crippen molar-refractivity contribution in [3.8, 4) is 11.2 Å². The second-order valence-electron chi connectivity index (χ2n) is 5.32. The quantitative estimate of drug-likeness (QED) is 0.762. The third-order valence-corrected chi connectivity index (χ3v) is 8.22. The van der Waals surface area contributed by atoms with E-state index in [1.54, 1.807) is 0 Å². The summed E-state index contributed by atoms with van der Waals surface area (Å²) in [6.45, 7) is 8.93. The van der Waals surface area contributed by atoms with Crippen LogP contribution in [0.3, 0.4) is 0 Å². The molecule has 0 aromatic carbocycles. The normalized spacial score (nSPS) is 30.5. The van der Waals surface area contributed by atoms with E-state index in [4.69, 9.17) is 0 Å². The fourth-order valence-corrected chi connectivity index (χ4v) is 4.62. The van der Waals surface area contributed by atoms with Gasteiger partial charge in [0.05, 0.1) is 11.5 Å². The Morgan fingerprint density at radius 1 is 1.18 bits per heavy atom. The van der Waals surface area contributed by atoms with E-state index < -0.39 is 10.0 Å². The van der Waals surface area contributed by atoms with Crippen LogP contribution in [0.4, 0.5) is 0 Å². The molecular weight excluding hydrogens is 228 g/mol. The third-order valence-electron chi connectivity index (χ3n) is 4.37. The van der Waals surface area contributed by atoms with Crippen LogP contribution in [0.2, 0.25) is 0 Å². The van der Waals surface area contributed by atoms with E-state index in [9.17, 15) is 5.11 Å². The summed E-state index contributed by atoms with van der Waals surface area (Å²) < 4.78 is 0. The minimum Gasteiger partial charge on any atom is -0.392 e. The minimum atomic E-state index is -0.743. The van der Waals surface area contributed by atoms with E-state index in [0.29, 0.717) is 0 Å². The highest BCUT2D eigenvalue weighted by molar-refractivity contribution is 8.37. The average molecular weight is 256 g/mol. The van der Waals surface area contributed by atoms with E-state index in [1.807, 2.05) is 0 Å². The molecule has 2 atom stereocenters. The van der Waals surface area contributed by atoms with Crippen molar-refractivity contribution < 1.29 is 5.11 Å². The molecule has 0 bridgehead atoms. The summed E-state index contributed by atoms with van der Waals surface area (Å²) in [5, 5.41) is 13.7. The van der Waals surface area contributed by atoms with Crippen molar-refractivity contribution in [1.82, 2.24) is 0 Å². The van der Waals surface area contributed by atoms with E-state index in [0.717, 1.165) is 19.3 Å². The molecule has 0 spiro atoms. The van der Waals surface area contributed by atoms with Crippen molar-refractivity contribution in [2.75, 3.05) is 17.3 Å². The van der Waals surface area contributed by atoms with Gasteiger partial charge >= 0.3 is 0 Å². The van der Waals surface area contributed by atoms with Crippen molar-refractivity contribution in [3.63, 3.8) is 0 Å². The molecule has 1 aliphatic rings. The maximum Gasteiger partial charge on any atom is 0.0703 e. The standard InChI is InChI=1S/C15H28OS/c1-5-17(6-2,7-3)13-12-15(4)11-9-8-10-14(15)16/h14,16H,5-11H2,1-4H3/t14-,15-/m1/s1. The lowest BCUT2D eigenvalue weighted by Gasteiger charge is -2.36. The van der Waals surface area contributed by atoms with Crippen LogP contribution in [0.5, 0.6) is 0 Å². The topological polar surface area (TPSA) is 20.2 Å². The summed E-state index contributed by atoms with van der Waals surface area (Å²) in [4.78, 5) is 0. The van der Waals surface area contributed by atoms with Gasteiger partial charge in [-0.3, -0.25) is 0 Å². The van der Waals surface area contributed by atoms with E-state index in [1.165, 1.54) is 23.7 Å². The lowest BCUT2D eigenvalue weighted by molar-refractivity contribution is 0.0390. The Balaban J connectivity index is 2.88. The molecule has 1 aliphatic carbocycles. The fraction of sp³-hybridized carbons (Fsp3) is 0.867. The molecule has 17 heavy (non-hydrogen) atoms. The van der Waals surface area contributed by atoms with Gasteiger partial charge in [0.15, 0.2) is 0 Å². The molecular formula is C15H28OS. The predicted octanol–water partition coefficient (Wildman–Crippen LogP) is 3.75. The first-order valence-corrected chi connectivity index (χ1v) is 9.14. The first-order chi connectivity index (χ1) is 8.02. The van der Waals surface area contributed by atoms with Crippen LogP contribution in [0.25, 0.3) is 0 Å². The van der Waals surface area contributed by atoms with E-state index in [2.05, 4.69) is 38.9 Å². The van der Waals surface area contributed by atoms with Gasteiger partial charge in [0.2, 0.25) is 0 Å². The zero-order chi connectivity index (χ0) is 12.9. The van der Waals surface area contributed by atoms with Crippen LogP contribution < -0.4 is 0 Å². The Bertz CT molecular complexity index is 290. The average Bonchev–Trinajstić information content (AvgIpc) is 2.36. The Morgan fingerprint density at radius 3 is 2.24 bits per heavy atom. The van der Waals surface area contributed by atoms with Gasteiger partial charge < -0.3 is 5.11 Å². The van der Waals surface area contributed by atoms with Gasteiger partial charge in [-0.1, -0.05) is 44.8 Å². The first kappa shape index (κ1) is 14.9. The van der Waals surface area contributed by atoms with Gasteiger partial charge in [-0.25, -0.2) is 0 Å². The Hall–Kier alpha value is -0.130. The zero-order valence-corrected chi connectivity index (χ0v) is 12.7. The molecule has 1 rings (SSSR count). The minimum absolute atomic E-state index is 0.143. The fourth-order valence-electron chi connectivity index (χ4n) is 2.51. The maximum absolute atomic E-state index is 10.1. The van der Waals surface area contributed by atoms with Crippen molar-refractivity contribution in [2.45, 2.75) is 59.5 Å². The first-order valence-electron chi connectivity index (χ1n) is 7.00. The van der Waals surface area contributed by atoms with Crippen LogP contribution in [-0.2, 0) is 0 Å². The molecule has 0 amide bonds. The highest BCUT2D eigenvalue weighted by atomic mass is 32.3. The van der Waals surface area contributed by atoms with Crippen molar-refractivity contribution in [1.29, 1.82) is 0 Å². The SMILES string of the molecule is CCS(C#C[C@@]1(C)CCCC[C@H]1O)(CC)CC. The summed E-state index contributed by atoms with van der Waals surface area (Å²) in [6, 6.07) is 0. The zero-order valence-electron chi connectivity index (χ0n) is 11.9. The Morgan fingerprint density at radius 2 is 1.76 bits per heavy atom. The van der Waals surface area contributed by atoms with Crippen molar-refractivity contribution in [2.24, 2.45) is 5.41 Å². The number of hydrogen-bond donors (Lipinski definition) is 1. The lowest BCUT2D eigenvalue weighted by atomic mass is 9.74. The Labute approximate surface area is 109 Å². The highest BCUT2D eigenvalue weighted by Gasteiger charge is 2.34. The molecule has 0 heterocycles. The largest absolute Gasteiger partial charge is 0.392 e. The molecule has 1 N–H and O–H groups in total. The number of aliphatic hydroxyl groups is 1. The van der Waals surface area contributed by atoms with Crippen LogP contribution in [0.15, 0.2) is 0 Å². The second-order valence-corrected chi connectivity index (χ2v) is 9.34. The highest BCUT2D eigenvalue weighted by Crippen LogP contribution is 2.46. The second kappa shape index (κ2) is 6.16. The molecule has 1 fully saturated rings. The molecule has 0 saturated heterocycles. The van der Waals surface area contributed by atoms with Gasteiger partial charge in [0, 0.05) is 0 Å². The van der Waals surface area contributed by atoms with Gasteiger partial charge in [0.25, 0.3) is 0 Å². The molecule has 0 unspecified atom stereocenters. The van der Waals surface area contributed by atoms with Gasteiger partial charge in [-0.05, 0) is 37.0 Å². The number of hydrogen-bond acceptors (Lipinski definition) is 1. The van der Waals surface area contributed by atoms with Crippen LogP contribution >= 0.6 is 10.0 Å². The molecule has 0 aromatic rings. The molecule has 0 radical (unpaired) electrons. The summed E-state index contributed by atoms with van der Waals surface area (Å²) in [6.07, 6.45) is 4.15. The van der Waals surface area contributed by atoms with Gasteiger partial charge in [-0.2, -0.15) is 10.0 Å². The molecule has 2 heteroatoms. The van der Waals surface area contributed by atoms with E-state index in [-0.39, 0.29) is 11.5 Å². The van der Waals surface area contributed by atoms with Gasteiger partial charge in [0.1, 0.15) is 0 Å². The molecule has 100 valence electrons. The monoisotopic (exact) mass is 256 g/mol. The molecule has 0 aromatic heterocycles. The lowest BCUT2D eigenvalue weighted by Crippen LogP contribution is -2.34. The molecule has 1 nitrogen and oxygen atoms in total. The molecule has 0 aliphatic heterocycles. The van der Waals surface area contributed by atoms with Crippen LogP contribution in [0, 0.1) is 16.6 Å². The van der Waals surface area contributed by atoms with Gasteiger partial charge in [-0.15, -0.1) is 0 Å². The number of rotatable bonds is 3. The number of aliphatic hydroxyl groups excluding tert-OH is 1. The van der Waals surface area contributed by atoms with Crippen LogP contribution in [0.1, 0.15) is 53.4 Å².